The first-order valence-electron chi connectivity index (χ1n) is 8.90. The Morgan fingerprint density at radius 2 is 1.96 bits per heavy atom. The van der Waals surface area contributed by atoms with E-state index in [4.69, 9.17) is 9.47 Å². The van der Waals surface area contributed by atoms with Gasteiger partial charge in [-0.25, -0.2) is 4.79 Å². The fourth-order valence-electron chi connectivity index (χ4n) is 3.57. The van der Waals surface area contributed by atoms with E-state index in [2.05, 4.69) is 10.6 Å². The maximum absolute atomic E-state index is 12.3. The van der Waals surface area contributed by atoms with Gasteiger partial charge in [0.25, 0.3) is 0 Å². The summed E-state index contributed by atoms with van der Waals surface area (Å²) in [4.78, 5) is 12.0. The number of amides is 1. The number of ether oxygens (including phenoxy) is 2. The standard InChI is InChI=1S/C17H29F3N2O3/c1-10(6-5-8-17(18,19)20)21-13-12(11-7-9-24-14(11)13)22-15(23)25-16(2,3)4/h10-14,21H,5-9H2,1-4H3,(H,22,23). The summed E-state index contributed by atoms with van der Waals surface area (Å²) >= 11 is 0. The van der Waals surface area contributed by atoms with Gasteiger partial charge < -0.3 is 20.1 Å². The monoisotopic (exact) mass is 366 g/mol. The first-order valence-corrected chi connectivity index (χ1v) is 8.90. The summed E-state index contributed by atoms with van der Waals surface area (Å²) < 4.78 is 47.8. The van der Waals surface area contributed by atoms with Crippen LogP contribution in [0.25, 0.3) is 0 Å². The van der Waals surface area contributed by atoms with Crippen molar-refractivity contribution in [2.75, 3.05) is 6.61 Å². The summed E-state index contributed by atoms with van der Waals surface area (Å²) in [6, 6.07) is -0.297. The molecule has 2 rings (SSSR count). The molecule has 5 atom stereocenters. The second-order valence-corrected chi connectivity index (χ2v) is 8.06. The molecule has 1 saturated carbocycles. The maximum atomic E-state index is 12.3. The largest absolute Gasteiger partial charge is 0.444 e. The number of halogens is 3. The molecule has 25 heavy (non-hydrogen) atoms. The van der Waals surface area contributed by atoms with E-state index in [9.17, 15) is 18.0 Å². The van der Waals surface area contributed by atoms with Crippen molar-refractivity contribution in [1.82, 2.24) is 10.6 Å². The predicted molar refractivity (Wildman–Crippen MR) is 87.3 cm³/mol. The Hall–Kier alpha value is -1.02. The van der Waals surface area contributed by atoms with Crippen LogP contribution in [0, 0.1) is 5.92 Å². The first kappa shape index (κ1) is 20.3. The van der Waals surface area contributed by atoms with Crippen LogP contribution in [0.3, 0.4) is 0 Å². The van der Waals surface area contributed by atoms with E-state index in [0.717, 1.165) is 6.42 Å². The fourth-order valence-corrected chi connectivity index (χ4v) is 3.57. The maximum Gasteiger partial charge on any atom is 0.407 e. The zero-order valence-electron chi connectivity index (χ0n) is 15.3. The average molecular weight is 366 g/mol. The van der Waals surface area contributed by atoms with Gasteiger partial charge in [0.2, 0.25) is 0 Å². The number of rotatable bonds is 6. The molecule has 5 unspecified atom stereocenters. The fraction of sp³-hybridized carbons (Fsp3) is 0.941. The topological polar surface area (TPSA) is 59.6 Å². The van der Waals surface area contributed by atoms with Crippen molar-refractivity contribution in [1.29, 1.82) is 0 Å². The van der Waals surface area contributed by atoms with Gasteiger partial charge in [-0.05, 0) is 47.0 Å². The molecule has 2 N–H and O–H groups in total. The van der Waals surface area contributed by atoms with Gasteiger partial charge in [-0.3, -0.25) is 0 Å². The molecule has 8 heteroatoms. The first-order chi connectivity index (χ1) is 11.5. The minimum absolute atomic E-state index is 0.00463. The lowest BCUT2D eigenvalue weighted by atomic mass is 9.71. The van der Waals surface area contributed by atoms with Crippen LogP contribution in [-0.4, -0.2) is 48.7 Å². The second kappa shape index (κ2) is 7.70. The van der Waals surface area contributed by atoms with Crippen LogP contribution in [-0.2, 0) is 9.47 Å². The molecular formula is C17H29F3N2O3. The minimum Gasteiger partial charge on any atom is -0.444 e. The van der Waals surface area contributed by atoms with Crippen LogP contribution in [0.1, 0.15) is 53.4 Å². The SMILES string of the molecule is CC(CCCC(F)(F)F)NC1C(NC(=O)OC(C)(C)C)C2CCOC21. The summed E-state index contributed by atoms with van der Waals surface area (Å²) in [6.45, 7) is 7.90. The molecule has 0 aromatic heterocycles. The predicted octanol–water partition coefficient (Wildman–Crippen LogP) is 3.38. The number of carbonyl (C=O) groups excluding carboxylic acids is 1. The molecular weight excluding hydrogens is 337 g/mol. The molecule has 1 aliphatic carbocycles. The van der Waals surface area contributed by atoms with Crippen molar-refractivity contribution in [2.24, 2.45) is 5.92 Å². The number of nitrogens with one attached hydrogen (secondary N) is 2. The molecule has 0 bridgehead atoms. The normalized spacial score (nSPS) is 30.4. The van der Waals surface area contributed by atoms with E-state index in [1.807, 2.05) is 6.92 Å². The summed E-state index contributed by atoms with van der Waals surface area (Å²) in [7, 11) is 0. The van der Waals surface area contributed by atoms with E-state index in [1.54, 1.807) is 20.8 Å². The Bertz CT molecular complexity index is 465. The zero-order valence-corrected chi connectivity index (χ0v) is 15.3. The summed E-state index contributed by atoms with van der Waals surface area (Å²) in [5, 5.41) is 6.23. The third kappa shape index (κ3) is 6.02. The minimum atomic E-state index is -4.11. The van der Waals surface area contributed by atoms with Gasteiger partial charge in [-0.15, -0.1) is 0 Å². The number of hydrogen-bond donors (Lipinski definition) is 2. The van der Waals surface area contributed by atoms with E-state index in [1.165, 1.54) is 0 Å². The number of alkyl carbamates (subject to hydrolysis) is 1. The highest BCUT2D eigenvalue weighted by Gasteiger charge is 2.55. The molecule has 2 fully saturated rings. The highest BCUT2D eigenvalue weighted by Crippen LogP contribution is 2.39. The number of carbonyl (C=O) groups is 1. The third-order valence-electron chi connectivity index (χ3n) is 4.64. The van der Waals surface area contributed by atoms with Crippen LogP contribution in [0.15, 0.2) is 0 Å². The number of alkyl halides is 3. The Kier molecular flexibility index (Phi) is 6.25. The summed E-state index contributed by atoms with van der Waals surface area (Å²) in [5.74, 6) is 0.229. The molecule has 1 heterocycles. The lowest BCUT2D eigenvalue weighted by Crippen LogP contribution is -2.71. The van der Waals surface area contributed by atoms with E-state index >= 15 is 0 Å². The third-order valence-corrected chi connectivity index (χ3v) is 4.64. The molecule has 2 aliphatic rings. The smallest absolute Gasteiger partial charge is 0.407 e. The van der Waals surface area contributed by atoms with Gasteiger partial charge in [0.1, 0.15) is 5.60 Å². The van der Waals surface area contributed by atoms with Crippen molar-refractivity contribution in [3.63, 3.8) is 0 Å². The summed E-state index contributed by atoms with van der Waals surface area (Å²) in [5.41, 5.74) is -0.576. The highest BCUT2D eigenvalue weighted by atomic mass is 19.4. The Labute approximate surface area is 147 Å². The molecule has 5 nitrogen and oxygen atoms in total. The Morgan fingerprint density at radius 3 is 2.56 bits per heavy atom. The average Bonchev–Trinajstić information content (AvgIpc) is 2.83. The molecule has 0 radical (unpaired) electrons. The van der Waals surface area contributed by atoms with E-state index in [0.29, 0.717) is 13.0 Å². The van der Waals surface area contributed by atoms with E-state index < -0.39 is 24.3 Å². The van der Waals surface area contributed by atoms with Crippen molar-refractivity contribution in [2.45, 2.75) is 89.4 Å². The molecule has 0 spiro atoms. The molecule has 0 aromatic rings. The zero-order chi connectivity index (χ0) is 18.8. The van der Waals surface area contributed by atoms with Crippen LogP contribution in [0.4, 0.5) is 18.0 Å². The van der Waals surface area contributed by atoms with Crippen LogP contribution in [0.2, 0.25) is 0 Å². The molecule has 1 amide bonds. The van der Waals surface area contributed by atoms with Gasteiger partial charge >= 0.3 is 12.3 Å². The van der Waals surface area contributed by atoms with Crippen molar-refractivity contribution in [3.8, 4) is 0 Å². The van der Waals surface area contributed by atoms with Gasteiger partial charge in [0.05, 0.1) is 18.2 Å². The van der Waals surface area contributed by atoms with Crippen LogP contribution < -0.4 is 10.6 Å². The molecule has 0 aromatic carbocycles. The second-order valence-electron chi connectivity index (χ2n) is 8.06. The van der Waals surface area contributed by atoms with Crippen molar-refractivity contribution >= 4 is 6.09 Å². The lowest BCUT2D eigenvalue weighted by Gasteiger charge is -2.49. The van der Waals surface area contributed by atoms with Crippen LogP contribution in [0.5, 0.6) is 0 Å². The Balaban J connectivity index is 1.83. The van der Waals surface area contributed by atoms with Crippen LogP contribution >= 0.6 is 0 Å². The summed E-state index contributed by atoms with van der Waals surface area (Å²) in [6.07, 6.45) is -3.98. The van der Waals surface area contributed by atoms with Gasteiger partial charge in [0, 0.05) is 25.0 Å². The molecule has 1 aliphatic heterocycles. The van der Waals surface area contributed by atoms with E-state index in [-0.39, 0.29) is 36.6 Å². The molecule has 1 saturated heterocycles. The number of hydrogen-bond acceptors (Lipinski definition) is 4. The highest BCUT2D eigenvalue weighted by molar-refractivity contribution is 5.68. The van der Waals surface area contributed by atoms with Gasteiger partial charge in [-0.1, -0.05) is 0 Å². The quantitative estimate of drug-likeness (QED) is 0.757. The van der Waals surface area contributed by atoms with Crippen molar-refractivity contribution < 1.29 is 27.4 Å². The van der Waals surface area contributed by atoms with Gasteiger partial charge in [0.15, 0.2) is 0 Å². The lowest BCUT2D eigenvalue weighted by molar-refractivity contribution is -0.136. The van der Waals surface area contributed by atoms with Gasteiger partial charge in [-0.2, -0.15) is 13.2 Å². The van der Waals surface area contributed by atoms with Crippen molar-refractivity contribution in [3.05, 3.63) is 0 Å². The number of fused-ring (bicyclic) bond motifs is 1. The Morgan fingerprint density at radius 1 is 1.28 bits per heavy atom. The molecule has 146 valence electrons.